The van der Waals surface area contributed by atoms with Gasteiger partial charge in [-0.15, -0.1) is 0 Å². The maximum absolute atomic E-state index is 11.8. The summed E-state index contributed by atoms with van der Waals surface area (Å²) >= 11 is 0. The molecule has 7 nitrogen and oxygen atoms in total. The number of para-hydroxylation sites is 1. The fourth-order valence-electron chi connectivity index (χ4n) is 3.97. The summed E-state index contributed by atoms with van der Waals surface area (Å²) in [5, 5.41) is 0.978. The van der Waals surface area contributed by atoms with Gasteiger partial charge < -0.3 is 21.1 Å². The highest BCUT2D eigenvalue weighted by molar-refractivity contribution is 5.87. The first-order valence-corrected chi connectivity index (χ1v) is 9.92. The molecular weight excluding hydrogens is 380 g/mol. The Balaban J connectivity index is 1.43. The molecule has 1 fully saturated rings. The van der Waals surface area contributed by atoms with Crippen molar-refractivity contribution in [2.45, 2.75) is 13.0 Å². The van der Waals surface area contributed by atoms with Gasteiger partial charge in [0.15, 0.2) is 0 Å². The van der Waals surface area contributed by atoms with Crippen molar-refractivity contribution in [3.05, 3.63) is 66.4 Å². The zero-order valence-electron chi connectivity index (χ0n) is 16.5. The number of amides is 2. The van der Waals surface area contributed by atoms with Crippen LogP contribution in [0.2, 0.25) is 0 Å². The summed E-state index contributed by atoms with van der Waals surface area (Å²) in [6.45, 7) is 1.47. The molecule has 1 saturated heterocycles. The number of fused-ring (bicyclic) bond motifs is 1. The van der Waals surface area contributed by atoms with Crippen LogP contribution in [0.4, 0.5) is 5.69 Å². The summed E-state index contributed by atoms with van der Waals surface area (Å²) in [7, 11) is 0. The van der Waals surface area contributed by atoms with Crippen LogP contribution in [-0.2, 0) is 16.2 Å². The minimum atomic E-state index is -0.570. The minimum Gasteiger partial charge on any atom is -0.488 e. The van der Waals surface area contributed by atoms with Crippen molar-refractivity contribution in [1.82, 2.24) is 4.98 Å². The van der Waals surface area contributed by atoms with Gasteiger partial charge in [-0.25, -0.2) is 0 Å². The lowest BCUT2D eigenvalue weighted by molar-refractivity contribution is -0.131. The Morgan fingerprint density at radius 3 is 2.47 bits per heavy atom. The molecule has 30 heavy (non-hydrogen) atoms. The van der Waals surface area contributed by atoms with Crippen LogP contribution in [0, 0.1) is 11.8 Å². The number of hydrogen-bond acceptors (Lipinski definition) is 5. The van der Waals surface area contributed by atoms with E-state index in [4.69, 9.17) is 16.2 Å². The number of piperidine rings is 1. The first-order valence-electron chi connectivity index (χ1n) is 9.92. The van der Waals surface area contributed by atoms with Gasteiger partial charge in [0.2, 0.25) is 11.8 Å². The van der Waals surface area contributed by atoms with Gasteiger partial charge in [-0.2, -0.15) is 0 Å². The van der Waals surface area contributed by atoms with E-state index in [1.54, 1.807) is 6.20 Å². The molecule has 1 aliphatic rings. The van der Waals surface area contributed by atoms with Crippen molar-refractivity contribution in [2.75, 3.05) is 18.0 Å². The number of anilines is 1. The molecule has 3 aromatic rings. The molecular formula is C23H24N4O3. The van der Waals surface area contributed by atoms with Crippen LogP contribution in [0.25, 0.3) is 10.9 Å². The van der Waals surface area contributed by atoms with Crippen molar-refractivity contribution >= 4 is 28.4 Å². The fourth-order valence-corrected chi connectivity index (χ4v) is 3.97. The van der Waals surface area contributed by atoms with Crippen molar-refractivity contribution in [1.29, 1.82) is 0 Å². The molecule has 4 N–H and O–H groups in total. The summed E-state index contributed by atoms with van der Waals surface area (Å²) in [6.07, 6.45) is 2.26. The van der Waals surface area contributed by atoms with Gasteiger partial charge in [0, 0.05) is 30.4 Å². The lowest BCUT2D eigenvalue weighted by Gasteiger charge is -2.37. The van der Waals surface area contributed by atoms with Crippen LogP contribution >= 0.6 is 0 Å². The Kier molecular flexibility index (Phi) is 5.52. The van der Waals surface area contributed by atoms with E-state index in [2.05, 4.69) is 9.88 Å². The summed E-state index contributed by atoms with van der Waals surface area (Å²) in [6, 6.07) is 17.7. The molecule has 0 aliphatic carbocycles. The number of aromatic nitrogens is 1. The highest BCUT2D eigenvalue weighted by Gasteiger charge is 2.36. The number of pyridine rings is 1. The smallest absolute Gasteiger partial charge is 0.223 e. The number of carbonyl (C=O) groups is 2. The average Bonchev–Trinajstić information content (AvgIpc) is 2.77. The van der Waals surface area contributed by atoms with E-state index >= 15 is 0 Å². The second-order valence-electron chi connectivity index (χ2n) is 7.53. The molecule has 2 amide bonds. The first-order chi connectivity index (χ1) is 14.5. The van der Waals surface area contributed by atoms with E-state index in [0.29, 0.717) is 26.1 Å². The van der Waals surface area contributed by atoms with Crippen LogP contribution in [0.15, 0.2) is 60.8 Å². The van der Waals surface area contributed by atoms with Crippen LogP contribution in [0.3, 0.4) is 0 Å². The largest absolute Gasteiger partial charge is 0.488 e. The highest BCUT2D eigenvalue weighted by Crippen LogP contribution is 2.28. The number of nitrogens with two attached hydrogens (primary N) is 2. The molecule has 2 heterocycles. The minimum absolute atomic E-state index is 0.391. The third kappa shape index (κ3) is 4.05. The number of carbonyl (C=O) groups excluding carboxylic acids is 2. The Bertz CT molecular complexity index is 1060. The van der Waals surface area contributed by atoms with E-state index in [9.17, 15) is 9.59 Å². The standard InChI is InChI=1S/C23H24N4O3/c24-22(28)17-10-12-27(13-19(17)23(25)29)16-7-5-15(6-8-16)14-30-21-9-11-26-20-4-2-1-3-18(20)21/h1-9,11,17,19H,10,12-14H2,(H2,24,28)(H2,25,29). The molecule has 4 rings (SSSR count). The molecule has 0 bridgehead atoms. The molecule has 154 valence electrons. The number of nitrogens with zero attached hydrogens (tertiary/aromatic N) is 2. The second kappa shape index (κ2) is 8.41. The van der Waals surface area contributed by atoms with Crippen LogP contribution < -0.4 is 21.1 Å². The van der Waals surface area contributed by atoms with Gasteiger partial charge in [-0.1, -0.05) is 24.3 Å². The quantitative estimate of drug-likeness (QED) is 0.654. The normalized spacial score (nSPS) is 18.9. The van der Waals surface area contributed by atoms with Gasteiger partial charge in [0.1, 0.15) is 12.4 Å². The van der Waals surface area contributed by atoms with E-state index < -0.39 is 23.7 Å². The van der Waals surface area contributed by atoms with Gasteiger partial charge in [-0.05, 0) is 42.3 Å². The third-order valence-electron chi connectivity index (χ3n) is 5.65. The zero-order chi connectivity index (χ0) is 21.1. The van der Waals surface area contributed by atoms with Crippen molar-refractivity contribution in [3.63, 3.8) is 0 Å². The summed E-state index contributed by atoms with van der Waals surface area (Å²) < 4.78 is 6.01. The highest BCUT2D eigenvalue weighted by atomic mass is 16.5. The van der Waals surface area contributed by atoms with E-state index in [0.717, 1.165) is 27.9 Å². The lowest BCUT2D eigenvalue weighted by Crippen LogP contribution is -2.50. The number of primary amides is 2. The molecule has 0 saturated carbocycles. The predicted molar refractivity (Wildman–Crippen MR) is 115 cm³/mol. The predicted octanol–water partition coefficient (Wildman–Crippen LogP) is 2.23. The van der Waals surface area contributed by atoms with Crippen molar-refractivity contribution < 1.29 is 14.3 Å². The topological polar surface area (TPSA) is 112 Å². The molecule has 2 unspecified atom stereocenters. The maximum Gasteiger partial charge on any atom is 0.223 e. The SMILES string of the molecule is NC(=O)C1CCN(c2ccc(COc3ccnc4ccccc34)cc2)CC1C(N)=O. The van der Waals surface area contributed by atoms with Crippen molar-refractivity contribution in [2.24, 2.45) is 23.3 Å². The summed E-state index contributed by atoms with van der Waals surface area (Å²) in [4.78, 5) is 29.8. The summed E-state index contributed by atoms with van der Waals surface area (Å²) in [5.41, 5.74) is 13.8. The van der Waals surface area contributed by atoms with E-state index in [1.165, 1.54) is 0 Å². The average molecular weight is 404 g/mol. The number of ether oxygens (including phenoxy) is 1. The first kappa shape index (κ1) is 19.7. The van der Waals surface area contributed by atoms with E-state index in [1.807, 2.05) is 54.6 Å². The number of rotatable bonds is 6. The Labute approximate surface area is 174 Å². The number of hydrogen-bond donors (Lipinski definition) is 2. The van der Waals surface area contributed by atoms with Crippen LogP contribution in [0.1, 0.15) is 12.0 Å². The molecule has 0 radical (unpaired) electrons. The molecule has 2 aromatic carbocycles. The molecule has 1 aliphatic heterocycles. The molecule has 2 atom stereocenters. The Morgan fingerprint density at radius 2 is 1.73 bits per heavy atom. The van der Waals surface area contributed by atoms with Gasteiger partial charge >= 0.3 is 0 Å². The summed E-state index contributed by atoms with van der Waals surface area (Å²) in [5.74, 6) is -1.23. The van der Waals surface area contributed by atoms with E-state index in [-0.39, 0.29) is 0 Å². The number of benzene rings is 2. The van der Waals surface area contributed by atoms with Gasteiger partial charge in [0.05, 0.1) is 17.4 Å². The Morgan fingerprint density at radius 1 is 1.00 bits per heavy atom. The van der Waals surface area contributed by atoms with Gasteiger partial charge in [-0.3, -0.25) is 14.6 Å². The fraction of sp³-hybridized carbons (Fsp3) is 0.261. The van der Waals surface area contributed by atoms with Gasteiger partial charge in [0.25, 0.3) is 0 Å². The maximum atomic E-state index is 11.8. The van der Waals surface area contributed by atoms with Crippen molar-refractivity contribution in [3.8, 4) is 5.75 Å². The molecule has 7 heteroatoms. The lowest BCUT2D eigenvalue weighted by atomic mass is 9.84. The second-order valence-corrected chi connectivity index (χ2v) is 7.53. The van der Waals surface area contributed by atoms with Crippen LogP contribution in [0.5, 0.6) is 5.75 Å². The van der Waals surface area contributed by atoms with Crippen LogP contribution in [-0.4, -0.2) is 29.9 Å². The third-order valence-corrected chi connectivity index (χ3v) is 5.65. The monoisotopic (exact) mass is 404 g/mol. The molecule has 1 aromatic heterocycles. The molecule has 0 spiro atoms. The Hall–Kier alpha value is -3.61. The zero-order valence-corrected chi connectivity index (χ0v) is 16.5.